The van der Waals surface area contributed by atoms with Crippen molar-refractivity contribution in [3.8, 4) is 11.5 Å². The molecular weight excluding hydrogens is 194 g/mol. The molecular formula is C10H11N3O2. The summed E-state index contributed by atoms with van der Waals surface area (Å²) >= 11 is 0. The lowest BCUT2D eigenvalue weighted by molar-refractivity contribution is 0.527. The van der Waals surface area contributed by atoms with Crippen LogP contribution < -0.4 is 11.5 Å². The van der Waals surface area contributed by atoms with Gasteiger partial charge in [-0.3, -0.25) is 0 Å². The van der Waals surface area contributed by atoms with Crippen molar-refractivity contribution in [1.29, 1.82) is 0 Å². The number of hydrogen-bond acceptors (Lipinski definition) is 4. The largest absolute Gasteiger partial charge is 0.434 e. The minimum atomic E-state index is -0.559. The number of hydrogen-bond donors (Lipinski definition) is 2. The van der Waals surface area contributed by atoms with E-state index in [9.17, 15) is 4.79 Å². The molecule has 1 unspecified atom stereocenters. The maximum atomic E-state index is 10.8. The van der Waals surface area contributed by atoms with E-state index in [0.717, 1.165) is 11.1 Å². The van der Waals surface area contributed by atoms with E-state index < -0.39 is 5.76 Å². The predicted octanol–water partition coefficient (Wildman–Crippen LogP) is 1.05. The summed E-state index contributed by atoms with van der Waals surface area (Å²) in [6.45, 7) is 1.89. The third-order valence-electron chi connectivity index (χ3n) is 2.10. The first-order valence-corrected chi connectivity index (χ1v) is 4.58. The summed E-state index contributed by atoms with van der Waals surface area (Å²) in [6.07, 6.45) is 0. The Morgan fingerprint density at radius 1 is 1.53 bits per heavy atom. The summed E-state index contributed by atoms with van der Waals surface area (Å²) < 4.78 is 4.84. The molecule has 2 rings (SSSR count). The molecule has 1 atom stereocenters. The minimum Gasteiger partial charge on any atom is -0.388 e. The smallest absolute Gasteiger partial charge is 0.388 e. The maximum Gasteiger partial charge on any atom is 0.434 e. The highest BCUT2D eigenvalue weighted by Crippen LogP contribution is 2.19. The Morgan fingerprint density at radius 3 is 2.93 bits per heavy atom. The van der Waals surface area contributed by atoms with Gasteiger partial charge in [0.1, 0.15) is 0 Å². The zero-order valence-electron chi connectivity index (χ0n) is 8.23. The minimum absolute atomic E-state index is 0.0596. The van der Waals surface area contributed by atoms with Crippen molar-refractivity contribution in [2.45, 2.75) is 13.0 Å². The molecule has 0 aliphatic heterocycles. The van der Waals surface area contributed by atoms with Crippen LogP contribution in [0.15, 0.2) is 33.5 Å². The van der Waals surface area contributed by atoms with Gasteiger partial charge in [0.15, 0.2) is 0 Å². The molecule has 1 aromatic carbocycles. The summed E-state index contributed by atoms with van der Waals surface area (Å²) in [5, 5.41) is 5.95. The number of H-pyrrole nitrogens is 1. The fourth-order valence-corrected chi connectivity index (χ4v) is 1.31. The van der Waals surface area contributed by atoms with Gasteiger partial charge in [0.2, 0.25) is 5.89 Å². The molecule has 3 N–H and O–H groups in total. The van der Waals surface area contributed by atoms with Crippen LogP contribution in [-0.4, -0.2) is 10.2 Å². The van der Waals surface area contributed by atoms with Crippen LogP contribution >= 0.6 is 0 Å². The lowest BCUT2D eigenvalue weighted by Gasteiger charge is -2.05. The average Bonchev–Trinajstić information content (AvgIpc) is 2.65. The van der Waals surface area contributed by atoms with Gasteiger partial charge in [0.05, 0.1) is 0 Å². The van der Waals surface area contributed by atoms with Crippen molar-refractivity contribution >= 4 is 0 Å². The molecule has 0 fully saturated rings. The zero-order chi connectivity index (χ0) is 10.8. The highest BCUT2D eigenvalue weighted by molar-refractivity contribution is 5.53. The van der Waals surface area contributed by atoms with Gasteiger partial charge in [-0.15, -0.1) is 5.10 Å². The number of benzene rings is 1. The molecule has 0 aliphatic rings. The maximum absolute atomic E-state index is 10.8. The molecule has 0 saturated heterocycles. The lowest BCUT2D eigenvalue weighted by atomic mass is 10.1. The molecule has 5 nitrogen and oxygen atoms in total. The van der Waals surface area contributed by atoms with E-state index in [4.69, 9.17) is 10.2 Å². The van der Waals surface area contributed by atoms with Crippen LogP contribution in [0, 0.1) is 0 Å². The molecule has 0 spiro atoms. The van der Waals surface area contributed by atoms with Crippen molar-refractivity contribution in [3.63, 3.8) is 0 Å². The van der Waals surface area contributed by atoms with Gasteiger partial charge in [-0.05, 0) is 24.6 Å². The Kier molecular flexibility index (Phi) is 2.39. The van der Waals surface area contributed by atoms with Crippen LogP contribution in [0.1, 0.15) is 18.5 Å². The SMILES string of the molecule is CC(N)c1cccc(-c2n[nH]c(=O)o2)c1. The molecule has 0 saturated carbocycles. The fraction of sp³-hybridized carbons (Fsp3) is 0.200. The van der Waals surface area contributed by atoms with Crippen molar-refractivity contribution in [2.75, 3.05) is 0 Å². The average molecular weight is 205 g/mol. The Balaban J connectivity index is 2.45. The summed E-state index contributed by atoms with van der Waals surface area (Å²) in [6, 6.07) is 7.37. The summed E-state index contributed by atoms with van der Waals surface area (Å²) in [7, 11) is 0. The standard InChI is InChI=1S/C10H11N3O2/c1-6(11)7-3-2-4-8(5-7)9-12-13-10(14)15-9/h2-6H,11H2,1H3,(H,13,14). The third-order valence-corrected chi connectivity index (χ3v) is 2.10. The lowest BCUT2D eigenvalue weighted by Crippen LogP contribution is -2.04. The zero-order valence-corrected chi connectivity index (χ0v) is 8.23. The first kappa shape index (κ1) is 9.67. The number of nitrogens with one attached hydrogen (secondary N) is 1. The molecule has 0 bridgehead atoms. The van der Waals surface area contributed by atoms with Gasteiger partial charge in [-0.1, -0.05) is 12.1 Å². The van der Waals surface area contributed by atoms with E-state index in [2.05, 4.69) is 10.2 Å². The van der Waals surface area contributed by atoms with E-state index in [1.54, 1.807) is 0 Å². The molecule has 1 aromatic heterocycles. The molecule has 5 heteroatoms. The number of aromatic nitrogens is 2. The molecule has 78 valence electrons. The highest BCUT2D eigenvalue weighted by atomic mass is 16.4. The van der Waals surface area contributed by atoms with Gasteiger partial charge in [-0.25, -0.2) is 9.89 Å². The number of nitrogens with two attached hydrogens (primary N) is 1. The predicted molar refractivity (Wildman–Crippen MR) is 55.2 cm³/mol. The summed E-state index contributed by atoms with van der Waals surface area (Å²) in [5.74, 6) is -0.279. The quantitative estimate of drug-likeness (QED) is 0.767. The van der Waals surface area contributed by atoms with Gasteiger partial charge >= 0.3 is 5.76 Å². The van der Waals surface area contributed by atoms with Crippen molar-refractivity contribution in [2.24, 2.45) is 5.73 Å². The monoisotopic (exact) mass is 205 g/mol. The normalized spacial score (nSPS) is 12.7. The fourth-order valence-electron chi connectivity index (χ4n) is 1.31. The second-order valence-electron chi connectivity index (χ2n) is 3.33. The van der Waals surface area contributed by atoms with Crippen molar-refractivity contribution in [3.05, 3.63) is 40.4 Å². The van der Waals surface area contributed by atoms with Crippen LogP contribution in [0.2, 0.25) is 0 Å². The van der Waals surface area contributed by atoms with Gasteiger partial charge < -0.3 is 10.2 Å². The van der Waals surface area contributed by atoms with Crippen LogP contribution in [0.5, 0.6) is 0 Å². The molecule has 15 heavy (non-hydrogen) atoms. The second kappa shape index (κ2) is 3.70. The van der Waals surface area contributed by atoms with Crippen LogP contribution in [-0.2, 0) is 0 Å². The van der Waals surface area contributed by atoms with E-state index in [1.165, 1.54) is 0 Å². The number of nitrogens with zero attached hydrogens (tertiary/aromatic N) is 1. The number of rotatable bonds is 2. The first-order chi connectivity index (χ1) is 7.16. The van der Waals surface area contributed by atoms with Gasteiger partial charge in [-0.2, -0.15) is 0 Å². The van der Waals surface area contributed by atoms with E-state index >= 15 is 0 Å². The molecule has 0 radical (unpaired) electrons. The van der Waals surface area contributed by atoms with E-state index in [0.29, 0.717) is 0 Å². The van der Waals surface area contributed by atoms with Crippen molar-refractivity contribution in [1.82, 2.24) is 10.2 Å². The third kappa shape index (κ3) is 1.97. The van der Waals surface area contributed by atoms with E-state index in [-0.39, 0.29) is 11.9 Å². The molecule has 2 aromatic rings. The van der Waals surface area contributed by atoms with Gasteiger partial charge in [0, 0.05) is 11.6 Å². The Bertz CT molecular complexity index is 513. The molecule has 0 aliphatic carbocycles. The topological polar surface area (TPSA) is 84.9 Å². The summed E-state index contributed by atoms with van der Waals surface area (Å²) in [4.78, 5) is 10.8. The summed E-state index contributed by atoms with van der Waals surface area (Å²) in [5.41, 5.74) is 7.45. The van der Waals surface area contributed by atoms with Crippen LogP contribution in [0.3, 0.4) is 0 Å². The van der Waals surface area contributed by atoms with E-state index in [1.807, 2.05) is 31.2 Å². The highest BCUT2D eigenvalue weighted by Gasteiger charge is 2.07. The molecule has 1 heterocycles. The van der Waals surface area contributed by atoms with Gasteiger partial charge in [0.25, 0.3) is 0 Å². The van der Waals surface area contributed by atoms with Crippen LogP contribution in [0.4, 0.5) is 0 Å². The number of aromatic amines is 1. The molecule has 0 amide bonds. The Labute approximate surface area is 85.9 Å². The van der Waals surface area contributed by atoms with Crippen molar-refractivity contribution < 1.29 is 4.42 Å². The first-order valence-electron chi connectivity index (χ1n) is 4.58. The second-order valence-corrected chi connectivity index (χ2v) is 3.33. The Morgan fingerprint density at radius 2 is 2.33 bits per heavy atom. The van der Waals surface area contributed by atoms with Crippen LogP contribution in [0.25, 0.3) is 11.5 Å². The Hall–Kier alpha value is -1.88.